The molecule has 2 aliphatic rings. The first kappa shape index (κ1) is 17.9. The molecule has 0 spiro atoms. The van der Waals surface area contributed by atoms with Gasteiger partial charge in [0.25, 0.3) is 10.0 Å². The second-order valence-electron chi connectivity index (χ2n) is 6.36. The SMILES string of the molecule is O=S(=O)(Nc1ccc(NC(=S)NC2CC2)cc1)c1ccc2c(c1)OCCO2. The van der Waals surface area contributed by atoms with E-state index in [1.165, 1.54) is 12.1 Å². The number of sulfonamides is 1. The zero-order valence-electron chi connectivity index (χ0n) is 14.4. The second-order valence-corrected chi connectivity index (χ2v) is 8.45. The van der Waals surface area contributed by atoms with Gasteiger partial charge in [0, 0.05) is 23.5 Å². The van der Waals surface area contributed by atoms with Crippen LogP contribution in [0.4, 0.5) is 11.4 Å². The predicted molar refractivity (Wildman–Crippen MR) is 107 cm³/mol. The van der Waals surface area contributed by atoms with Gasteiger partial charge in [-0.05, 0) is 61.5 Å². The number of nitrogens with one attached hydrogen (secondary N) is 3. The minimum Gasteiger partial charge on any atom is -0.486 e. The fourth-order valence-corrected chi connectivity index (χ4v) is 3.96. The fraction of sp³-hybridized carbons (Fsp3) is 0.278. The molecule has 4 rings (SSSR count). The summed E-state index contributed by atoms with van der Waals surface area (Å²) in [7, 11) is -3.73. The number of anilines is 2. The molecule has 0 unspecified atom stereocenters. The van der Waals surface area contributed by atoms with Gasteiger partial charge in [-0.15, -0.1) is 0 Å². The molecule has 2 aromatic rings. The summed E-state index contributed by atoms with van der Waals surface area (Å²) in [5.74, 6) is 0.978. The Kier molecular flexibility index (Phi) is 4.79. The van der Waals surface area contributed by atoms with Crippen molar-refractivity contribution in [3.05, 3.63) is 42.5 Å². The van der Waals surface area contributed by atoms with Crippen LogP contribution in [0.1, 0.15) is 12.8 Å². The largest absolute Gasteiger partial charge is 0.486 e. The Morgan fingerprint density at radius 2 is 1.63 bits per heavy atom. The van der Waals surface area contributed by atoms with E-state index in [-0.39, 0.29) is 4.90 Å². The van der Waals surface area contributed by atoms with Gasteiger partial charge in [-0.3, -0.25) is 4.72 Å². The van der Waals surface area contributed by atoms with Crippen LogP contribution in [-0.4, -0.2) is 32.8 Å². The summed E-state index contributed by atoms with van der Waals surface area (Å²) in [6.07, 6.45) is 2.28. The summed E-state index contributed by atoms with van der Waals surface area (Å²) in [6, 6.07) is 11.9. The number of rotatable bonds is 5. The van der Waals surface area contributed by atoms with Crippen LogP contribution in [0.15, 0.2) is 47.4 Å². The lowest BCUT2D eigenvalue weighted by Gasteiger charge is -2.19. The lowest BCUT2D eigenvalue weighted by Crippen LogP contribution is -2.30. The molecule has 1 aliphatic carbocycles. The summed E-state index contributed by atoms with van der Waals surface area (Å²) < 4.78 is 38.7. The van der Waals surface area contributed by atoms with Crippen molar-refractivity contribution in [2.24, 2.45) is 0 Å². The van der Waals surface area contributed by atoms with Gasteiger partial charge in [-0.2, -0.15) is 0 Å². The Morgan fingerprint density at radius 1 is 0.963 bits per heavy atom. The number of ether oxygens (including phenoxy) is 2. The van der Waals surface area contributed by atoms with Gasteiger partial charge in [-0.1, -0.05) is 0 Å². The Hall–Kier alpha value is -2.52. The van der Waals surface area contributed by atoms with Crippen LogP contribution in [0, 0.1) is 0 Å². The van der Waals surface area contributed by atoms with Gasteiger partial charge in [0.05, 0.1) is 4.90 Å². The third-order valence-electron chi connectivity index (χ3n) is 4.13. The molecular formula is C18H19N3O4S2. The van der Waals surface area contributed by atoms with Crippen molar-refractivity contribution < 1.29 is 17.9 Å². The van der Waals surface area contributed by atoms with Crippen LogP contribution in [-0.2, 0) is 10.0 Å². The molecule has 0 aromatic heterocycles. The fourth-order valence-electron chi connectivity index (χ4n) is 2.61. The Labute approximate surface area is 163 Å². The zero-order valence-corrected chi connectivity index (χ0v) is 16.0. The minimum absolute atomic E-state index is 0.115. The van der Waals surface area contributed by atoms with E-state index < -0.39 is 10.0 Å². The van der Waals surface area contributed by atoms with E-state index in [2.05, 4.69) is 15.4 Å². The molecule has 0 radical (unpaired) electrons. The Bertz CT molecular complexity index is 957. The third-order valence-corrected chi connectivity index (χ3v) is 5.73. The summed E-state index contributed by atoms with van der Waals surface area (Å²) in [5.41, 5.74) is 1.24. The number of thiocarbonyl (C=S) groups is 1. The summed E-state index contributed by atoms with van der Waals surface area (Å²) in [6.45, 7) is 0.854. The van der Waals surface area contributed by atoms with Crippen molar-refractivity contribution >= 4 is 38.7 Å². The second kappa shape index (κ2) is 7.24. The molecule has 1 saturated carbocycles. The highest BCUT2D eigenvalue weighted by atomic mass is 32.2. The van der Waals surface area contributed by atoms with Crippen LogP contribution in [0.25, 0.3) is 0 Å². The molecule has 3 N–H and O–H groups in total. The normalized spacial score (nSPS) is 15.7. The number of hydrogen-bond donors (Lipinski definition) is 3. The van der Waals surface area contributed by atoms with Crippen LogP contribution >= 0.6 is 12.2 Å². The molecule has 142 valence electrons. The van der Waals surface area contributed by atoms with Crippen molar-refractivity contribution in [1.29, 1.82) is 0 Å². The van der Waals surface area contributed by atoms with E-state index in [4.69, 9.17) is 21.7 Å². The first-order chi connectivity index (χ1) is 13.0. The quantitative estimate of drug-likeness (QED) is 0.659. The molecule has 0 bridgehead atoms. The van der Waals surface area contributed by atoms with Gasteiger partial charge >= 0.3 is 0 Å². The predicted octanol–water partition coefficient (Wildman–Crippen LogP) is 2.71. The first-order valence-corrected chi connectivity index (χ1v) is 10.5. The smallest absolute Gasteiger partial charge is 0.262 e. The molecule has 1 heterocycles. The average Bonchev–Trinajstić information content (AvgIpc) is 3.46. The minimum atomic E-state index is -3.73. The Morgan fingerprint density at radius 3 is 2.33 bits per heavy atom. The van der Waals surface area contributed by atoms with Crippen molar-refractivity contribution in [2.75, 3.05) is 23.3 Å². The van der Waals surface area contributed by atoms with Crippen molar-refractivity contribution in [1.82, 2.24) is 5.32 Å². The molecule has 27 heavy (non-hydrogen) atoms. The average molecular weight is 406 g/mol. The first-order valence-electron chi connectivity index (χ1n) is 8.60. The topological polar surface area (TPSA) is 88.7 Å². The van der Waals surface area contributed by atoms with E-state index in [1.807, 2.05) is 0 Å². The standard InChI is InChI=1S/C18H19N3O4S2/c22-27(23,15-7-8-16-17(11-15)25-10-9-24-16)21-14-5-3-13(4-6-14)20-18(26)19-12-1-2-12/h3-8,11-12,21H,1-2,9-10H2,(H2,19,20,26). The number of hydrogen-bond acceptors (Lipinski definition) is 5. The highest BCUT2D eigenvalue weighted by Crippen LogP contribution is 2.32. The van der Waals surface area contributed by atoms with Crippen LogP contribution in [0.3, 0.4) is 0 Å². The van der Waals surface area contributed by atoms with Gasteiger partial charge in [-0.25, -0.2) is 8.42 Å². The monoisotopic (exact) mass is 405 g/mol. The summed E-state index contributed by atoms with van der Waals surface area (Å²) in [4.78, 5) is 0.115. The van der Waals surface area contributed by atoms with Crippen LogP contribution in [0.2, 0.25) is 0 Å². The van der Waals surface area contributed by atoms with E-state index >= 15 is 0 Å². The van der Waals surface area contributed by atoms with Crippen LogP contribution in [0.5, 0.6) is 11.5 Å². The van der Waals surface area contributed by atoms with Crippen molar-refractivity contribution in [2.45, 2.75) is 23.8 Å². The molecule has 9 heteroatoms. The summed E-state index contributed by atoms with van der Waals surface area (Å²) in [5, 5.41) is 6.84. The maximum Gasteiger partial charge on any atom is 0.262 e. The molecule has 7 nitrogen and oxygen atoms in total. The number of benzene rings is 2. The highest BCUT2D eigenvalue weighted by molar-refractivity contribution is 7.92. The summed E-state index contributed by atoms with van der Waals surface area (Å²) >= 11 is 5.23. The maximum absolute atomic E-state index is 12.6. The van der Waals surface area contributed by atoms with Crippen LogP contribution < -0.4 is 24.8 Å². The molecule has 2 aromatic carbocycles. The lowest BCUT2D eigenvalue weighted by molar-refractivity contribution is 0.171. The van der Waals surface area contributed by atoms with E-state index in [0.717, 1.165) is 18.5 Å². The lowest BCUT2D eigenvalue weighted by atomic mass is 10.3. The number of fused-ring (bicyclic) bond motifs is 1. The zero-order chi connectivity index (χ0) is 18.9. The Balaban J connectivity index is 1.43. The van der Waals surface area contributed by atoms with Crippen molar-refractivity contribution in [3.63, 3.8) is 0 Å². The van der Waals surface area contributed by atoms with Gasteiger partial charge in [0.15, 0.2) is 16.6 Å². The molecule has 0 atom stereocenters. The van der Waals surface area contributed by atoms with E-state index in [1.54, 1.807) is 30.3 Å². The molecule has 0 amide bonds. The molecule has 0 saturated heterocycles. The van der Waals surface area contributed by atoms with E-state index in [9.17, 15) is 8.42 Å². The van der Waals surface area contributed by atoms with Gasteiger partial charge in [0.2, 0.25) is 0 Å². The maximum atomic E-state index is 12.6. The molecule has 1 fully saturated rings. The van der Waals surface area contributed by atoms with Gasteiger partial charge in [0.1, 0.15) is 13.2 Å². The third kappa shape index (κ3) is 4.42. The molecule has 1 aliphatic heterocycles. The highest BCUT2D eigenvalue weighted by Gasteiger charge is 2.22. The van der Waals surface area contributed by atoms with Gasteiger partial charge < -0.3 is 20.1 Å². The molecular weight excluding hydrogens is 386 g/mol. The van der Waals surface area contributed by atoms with E-state index in [0.29, 0.717) is 41.6 Å². The van der Waals surface area contributed by atoms with Crippen molar-refractivity contribution in [3.8, 4) is 11.5 Å².